The van der Waals surface area contributed by atoms with Crippen LogP contribution in [0, 0.1) is 0 Å². The van der Waals surface area contributed by atoms with Crippen molar-refractivity contribution in [3.8, 4) is 0 Å². The van der Waals surface area contributed by atoms with Gasteiger partial charge in [0, 0.05) is 32.5 Å². The average molecular weight is 333 g/mol. The molecule has 4 rings (SSSR count). The lowest BCUT2D eigenvalue weighted by Crippen LogP contribution is -2.45. The Bertz CT molecular complexity index is 570. The fraction of sp³-hybridized carbons (Fsp3) is 0.647. The van der Waals surface area contributed by atoms with Crippen molar-refractivity contribution in [3.05, 3.63) is 18.3 Å². The number of nitrogens with zero attached hydrogens (tertiary/aromatic N) is 2. The van der Waals surface area contributed by atoms with Crippen molar-refractivity contribution in [1.29, 1.82) is 0 Å². The smallest absolute Gasteiger partial charge is 0.254 e. The van der Waals surface area contributed by atoms with Crippen molar-refractivity contribution in [3.63, 3.8) is 0 Å². The fourth-order valence-electron chi connectivity index (χ4n) is 3.53. The fourth-order valence-corrected chi connectivity index (χ4v) is 3.53. The van der Waals surface area contributed by atoms with E-state index in [2.05, 4.69) is 15.2 Å². The van der Waals surface area contributed by atoms with Gasteiger partial charge in [0.2, 0.25) is 0 Å². The highest BCUT2D eigenvalue weighted by atomic mass is 16.7. The van der Waals surface area contributed by atoms with E-state index in [0.717, 1.165) is 44.5 Å². The number of piperidine rings is 1. The second kappa shape index (κ2) is 6.66. The molecule has 1 unspecified atom stereocenters. The third-order valence-corrected chi connectivity index (χ3v) is 4.93. The molecule has 0 bridgehead atoms. The van der Waals surface area contributed by atoms with Crippen molar-refractivity contribution in [1.82, 2.24) is 4.98 Å². The van der Waals surface area contributed by atoms with Crippen molar-refractivity contribution >= 4 is 17.4 Å². The molecule has 130 valence electrons. The summed E-state index contributed by atoms with van der Waals surface area (Å²) in [7, 11) is 0. The van der Waals surface area contributed by atoms with Crippen LogP contribution in [-0.2, 0) is 19.0 Å². The Balaban J connectivity index is 1.33. The number of carbonyl (C=O) groups excluding carboxylic acids is 1. The van der Waals surface area contributed by atoms with Crippen LogP contribution < -0.4 is 10.2 Å². The summed E-state index contributed by atoms with van der Waals surface area (Å²) in [4.78, 5) is 18.7. The van der Waals surface area contributed by atoms with E-state index in [1.807, 2.05) is 12.1 Å². The van der Waals surface area contributed by atoms with Gasteiger partial charge in [0.05, 0.1) is 25.1 Å². The zero-order chi connectivity index (χ0) is 16.4. The molecule has 1 amide bonds. The van der Waals surface area contributed by atoms with Crippen molar-refractivity contribution in [2.75, 3.05) is 43.1 Å². The minimum Gasteiger partial charge on any atom is -0.370 e. The van der Waals surface area contributed by atoms with Crippen LogP contribution in [0.3, 0.4) is 0 Å². The number of amides is 1. The molecule has 3 aliphatic heterocycles. The third-order valence-electron chi connectivity index (χ3n) is 4.93. The molecule has 0 saturated carbocycles. The van der Waals surface area contributed by atoms with E-state index in [9.17, 15) is 4.79 Å². The summed E-state index contributed by atoms with van der Waals surface area (Å²) in [5.74, 6) is 0.0949. The molecule has 4 heterocycles. The van der Waals surface area contributed by atoms with Crippen molar-refractivity contribution < 1.29 is 19.0 Å². The first-order valence-corrected chi connectivity index (χ1v) is 8.66. The zero-order valence-corrected chi connectivity index (χ0v) is 13.7. The Kier molecular flexibility index (Phi) is 4.39. The molecular formula is C17H23N3O4. The number of rotatable bonds is 3. The van der Waals surface area contributed by atoms with Gasteiger partial charge in [0.25, 0.3) is 5.91 Å². The minimum absolute atomic E-state index is 0.108. The van der Waals surface area contributed by atoms with Crippen LogP contribution >= 0.6 is 0 Å². The van der Waals surface area contributed by atoms with Crippen LogP contribution in [0.25, 0.3) is 0 Å². The van der Waals surface area contributed by atoms with E-state index in [1.165, 1.54) is 0 Å². The van der Waals surface area contributed by atoms with Crippen LogP contribution in [0.5, 0.6) is 0 Å². The second-order valence-corrected chi connectivity index (χ2v) is 6.49. The van der Waals surface area contributed by atoms with Gasteiger partial charge in [-0.3, -0.25) is 4.79 Å². The maximum Gasteiger partial charge on any atom is 0.254 e. The van der Waals surface area contributed by atoms with Gasteiger partial charge in [-0.2, -0.15) is 0 Å². The number of ether oxygens (including phenoxy) is 3. The summed E-state index contributed by atoms with van der Waals surface area (Å²) in [6.45, 7) is 3.81. The number of pyridine rings is 1. The molecule has 7 heteroatoms. The number of anilines is 2. The van der Waals surface area contributed by atoms with Crippen LogP contribution in [0.2, 0.25) is 0 Å². The number of carbonyl (C=O) groups is 1. The summed E-state index contributed by atoms with van der Waals surface area (Å²) in [5.41, 5.74) is 1.05. The van der Waals surface area contributed by atoms with Crippen LogP contribution in [-0.4, -0.2) is 55.7 Å². The number of hydrogen-bond acceptors (Lipinski definition) is 6. The van der Waals surface area contributed by atoms with Crippen molar-refractivity contribution in [2.24, 2.45) is 0 Å². The normalized spacial score (nSPS) is 26.0. The standard InChI is InChI=1S/C17H23N3O4/c21-16(14-2-1-9-22-14)19-15-4-3-13(12-18-15)20-7-5-17(6-8-20)23-10-11-24-17/h3-4,12,14H,1-2,5-11H2,(H,18,19,21). The molecule has 3 aliphatic rings. The molecule has 0 aliphatic carbocycles. The molecule has 1 spiro atoms. The van der Waals surface area contributed by atoms with Crippen LogP contribution in [0.1, 0.15) is 25.7 Å². The molecule has 1 aromatic heterocycles. The molecule has 24 heavy (non-hydrogen) atoms. The Morgan fingerprint density at radius 1 is 1.21 bits per heavy atom. The molecule has 3 saturated heterocycles. The van der Waals surface area contributed by atoms with Crippen LogP contribution in [0.4, 0.5) is 11.5 Å². The monoisotopic (exact) mass is 333 g/mol. The highest BCUT2D eigenvalue weighted by Crippen LogP contribution is 2.33. The maximum atomic E-state index is 12.0. The quantitative estimate of drug-likeness (QED) is 0.905. The molecule has 0 aromatic carbocycles. The largest absolute Gasteiger partial charge is 0.370 e. The first-order valence-electron chi connectivity index (χ1n) is 8.66. The summed E-state index contributed by atoms with van der Waals surface area (Å²) in [6.07, 6.45) is 4.92. The molecule has 1 atom stereocenters. The van der Waals surface area contributed by atoms with Crippen molar-refractivity contribution in [2.45, 2.75) is 37.6 Å². The first-order chi connectivity index (χ1) is 11.7. The summed E-state index contributed by atoms with van der Waals surface area (Å²) >= 11 is 0. The zero-order valence-electron chi connectivity index (χ0n) is 13.7. The van der Waals surface area contributed by atoms with E-state index >= 15 is 0 Å². The first kappa shape index (κ1) is 15.8. The topological polar surface area (TPSA) is 72.9 Å². The van der Waals surface area contributed by atoms with E-state index < -0.39 is 0 Å². The molecule has 3 fully saturated rings. The molecule has 0 radical (unpaired) electrons. The van der Waals surface area contributed by atoms with Gasteiger partial charge in [-0.15, -0.1) is 0 Å². The average Bonchev–Trinajstić information content (AvgIpc) is 3.29. The van der Waals surface area contributed by atoms with Gasteiger partial charge < -0.3 is 24.4 Å². The molecular weight excluding hydrogens is 310 g/mol. The Hall–Kier alpha value is -1.70. The van der Waals surface area contributed by atoms with E-state index in [1.54, 1.807) is 6.20 Å². The molecule has 7 nitrogen and oxygen atoms in total. The molecule has 1 N–H and O–H groups in total. The SMILES string of the molecule is O=C(Nc1ccc(N2CCC3(CC2)OCCO3)cn1)C1CCCO1. The maximum absolute atomic E-state index is 12.0. The Morgan fingerprint density at radius 3 is 2.62 bits per heavy atom. The van der Waals surface area contributed by atoms with Gasteiger partial charge in [-0.25, -0.2) is 4.98 Å². The highest BCUT2D eigenvalue weighted by Gasteiger charge is 2.39. The second-order valence-electron chi connectivity index (χ2n) is 6.49. The summed E-state index contributed by atoms with van der Waals surface area (Å²) in [6, 6.07) is 3.83. The minimum atomic E-state index is -0.362. The molecule has 1 aromatic rings. The van der Waals surface area contributed by atoms with E-state index in [-0.39, 0.29) is 17.8 Å². The Morgan fingerprint density at radius 2 is 2.00 bits per heavy atom. The number of nitrogens with one attached hydrogen (secondary N) is 1. The predicted octanol–water partition coefficient (Wildman–Crippen LogP) is 1.54. The lowest BCUT2D eigenvalue weighted by Gasteiger charge is -2.38. The lowest BCUT2D eigenvalue weighted by molar-refractivity contribution is -0.169. The van der Waals surface area contributed by atoms with E-state index in [0.29, 0.717) is 25.6 Å². The van der Waals surface area contributed by atoms with Crippen LogP contribution in [0.15, 0.2) is 18.3 Å². The predicted molar refractivity (Wildman–Crippen MR) is 87.9 cm³/mol. The third kappa shape index (κ3) is 3.24. The Labute approximate surface area is 141 Å². The van der Waals surface area contributed by atoms with Gasteiger partial charge >= 0.3 is 0 Å². The summed E-state index contributed by atoms with van der Waals surface area (Å²) < 4.78 is 16.9. The van der Waals surface area contributed by atoms with E-state index in [4.69, 9.17) is 14.2 Å². The number of aromatic nitrogens is 1. The van der Waals surface area contributed by atoms with Gasteiger partial charge in [-0.05, 0) is 25.0 Å². The van der Waals surface area contributed by atoms with Gasteiger partial charge in [0.15, 0.2) is 5.79 Å². The summed E-state index contributed by atoms with van der Waals surface area (Å²) in [5, 5.41) is 2.82. The van der Waals surface area contributed by atoms with Gasteiger partial charge in [-0.1, -0.05) is 0 Å². The lowest BCUT2D eigenvalue weighted by atomic mass is 10.0. The number of hydrogen-bond donors (Lipinski definition) is 1. The highest BCUT2D eigenvalue weighted by molar-refractivity contribution is 5.93. The van der Waals surface area contributed by atoms with Gasteiger partial charge in [0.1, 0.15) is 11.9 Å².